The van der Waals surface area contributed by atoms with Gasteiger partial charge in [0, 0.05) is 30.9 Å². The molecule has 7 heteroatoms. The highest BCUT2D eigenvalue weighted by atomic mass is 16.5. The van der Waals surface area contributed by atoms with Crippen molar-refractivity contribution in [2.24, 2.45) is 0 Å². The number of nitrogens with zero attached hydrogens (tertiary/aromatic N) is 1. The number of aromatic nitrogens is 1. The van der Waals surface area contributed by atoms with E-state index >= 15 is 0 Å². The van der Waals surface area contributed by atoms with Crippen LogP contribution in [-0.2, 0) is 9.53 Å². The van der Waals surface area contributed by atoms with Gasteiger partial charge in [0.1, 0.15) is 0 Å². The van der Waals surface area contributed by atoms with Crippen LogP contribution in [0.25, 0.3) is 0 Å². The molecule has 2 N–H and O–H groups in total. The fourth-order valence-corrected chi connectivity index (χ4v) is 2.30. The Morgan fingerprint density at radius 3 is 2.71 bits per heavy atom. The third-order valence-electron chi connectivity index (χ3n) is 3.42. The summed E-state index contributed by atoms with van der Waals surface area (Å²) in [5.74, 6) is -1.04. The van der Waals surface area contributed by atoms with Crippen LogP contribution in [0, 0.1) is 0 Å². The average Bonchev–Trinajstić information content (AvgIpc) is 2.47. The second-order valence-electron chi connectivity index (χ2n) is 4.95. The van der Waals surface area contributed by atoms with Crippen molar-refractivity contribution >= 4 is 11.9 Å². The van der Waals surface area contributed by atoms with Gasteiger partial charge in [0.2, 0.25) is 5.56 Å². The van der Waals surface area contributed by atoms with Crippen LogP contribution >= 0.6 is 0 Å². The van der Waals surface area contributed by atoms with Crippen LogP contribution in [0.3, 0.4) is 0 Å². The Hall–Kier alpha value is -2.15. The van der Waals surface area contributed by atoms with Crippen LogP contribution in [-0.4, -0.2) is 52.7 Å². The lowest BCUT2D eigenvalue weighted by Crippen LogP contribution is -2.41. The van der Waals surface area contributed by atoms with E-state index in [4.69, 9.17) is 9.84 Å². The molecule has 1 amide bonds. The maximum absolute atomic E-state index is 12.2. The van der Waals surface area contributed by atoms with Crippen molar-refractivity contribution < 1.29 is 19.4 Å². The van der Waals surface area contributed by atoms with Gasteiger partial charge in [-0.3, -0.25) is 14.4 Å². The molecule has 1 aromatic rings. The molecule has 1 aliphatic rings. The van der Waals surface area contributed by atoms with Crippen molar-refractivity contribution in [2.75, 3.05) is 19.7 Å². The van der Waals surface area contributed by atoms with E-state index in [1.165, 1.54) is 12.3 Å². The monoisotopic (exact) mass is 294 g/mol. The zero-order chi connectivity index (χ0) is 15.2. The topological polar surface area (TPSA) is 99.7 Å². The smallest absolute Gasteiger partial charge is 0.305 e. The summed E-state index contributed by atoms with van der Waals surface area (Å²) >= 11 is 0. The molecule has 0 unspecified atom stereocenters. The number of nitrogens with one attached hydrogen (secondary N) is 1. The standard InChI is InChI=1S/C14H18N2O5/c17-12-9-10(1-5-15-12)14(20)16-6-2-11(3-7-16)21-8-4-13(18)19/h1,5,9,11H,2-4,6-8H2,(H,15,17)(H,18,19). The predicted molar refractivity (Wildman–Crippen MR) is 74.2 cm³/mol. The number of amides is 1. The third kappa shape index (κ3) is 4.42. The molecule has 21 heavy (non-hydrogen) atoms. The van der Waals surface area contributed by atoms with Crippen molar-refractivity contribution in [3.8, 4) is 0 Å². The zero-order valence-electron chi connectivity index (χ0n) is 11.6. The molecule has 0 bridgehead atoms. The van der Waals surface area contributed by atoms with Gasteiger partial charge in [-0.25, -0.2) is 0 Å². The summed E-state index contributed by atoms with van der Waals surface area (Å²) in [5, 5.41) is 8.55. The van der Waals surface area contributed by atoms with Gasteiger partial charge < -0.3 is 19.7 Å². The molecule has 1 saturated heterocycles. The molecule has 0 saturated carbocycles. The van der Waals surface area contributed by atoms with Crippen LogP contribution in [0.1, 0.15) is 29.6 Å². The van der Waals surface area contributed by atoms with Crippen LogP contribution in [0.15, 0.2) is 23.1 Å². The molecule has 114 valence electrons. The Kier molecular flexibility index (Phi) is 5.10. The molecule has 1 aliphatic heterocycles. The maximum atomic E-state index is 12.2. The van der Waals surface area contributed by atoms with E-state index in [9.17, 15) is 14.4 Å². The van der Waals surface area contributed by atoms with Crippen LogP contribution < -0.4 is 5.56 Å². The van der Waals surface area contributed by atoms with Gasteiger partial charge in [-0.15, -0.1) is 0 Å². The molecule has 0 aromatic carbocycles. The number of hydrogen-bond donors (Lipinski definition) is 2. The summed E-state index contributed by atoms with van der Waals surface area (Å²) in [5.41, 5.74) is 0.0803. The molecule has 2 rings (SSSR count). The molecule has 0 atom stereocenters. The number of H-pyrrole nitrogens is 1. The number of pyridine rings is 1. The fraction of sp³-hybridized carbons (Fsp3) is 0.500. The first kappa shape index (κ1) is 15.2. The van der Waals surface area contributed by atoms with Gasteiger partial charge in [-0.2, -0.15) is 0 Å². The number of carbonyl (C=O) groups excluding carboxylic acids is 1. The van der Waals surface area contributed by atoms with E-state index in [1.807, 2.05) is 0 Å². The van der Waals surface area contributed by atoms with Crippen LogP contribution in [0.4, 0.5) is 0 Å². The largest absolute Gasteiger partial charge is 0.481 e. The first-order valence-electron chi connectivity index (χ1n) is 6.87. The van der Waals surface area contributed by atoms with E-state index < -0.39 is 5.97 Å². The molecule has 0 radical (unpaired) electrons. The summed E-state index contributed by atoms with van der Waals surface area (Å²) in [4.78, 5) is 38.0. The van der Waals surface area contributed by atoms with Crippen LogP contribution in [0.5, 0.6) is 0 Å². The minimum Gasteiger partial charge on any atom is -0.481 e. The molecular weight excluding hydrogens is 276 g/mol. The number of aromatic amines is 1. The Labute approximate surface area is 121 Å². The average molecular weight is 294 g/mol. The molecule has 1 aromatic heterocycles. The molecule has 0 spiro atoms. The Balaban J connectivity index is 1.82. The fourth-order valence-electron chi connectivity index (χ4n) is 2.30. The van der Waals surface area contributed by atoms with E-state index in [0.29, 0.717) is 31.5 Å². The Bertz CT molecular complexity index is 560. The number of ether oxygens (including phenoxy) is 1. The third-order valence-corrected chi connectivity index (χ3v) is 3.42. The molecular formula is C14H18N2O5. The van der Waals surface area contributed by atoms with Gasteiger partial charge in [-0.1, -0.05) is 0 Å². The maximum Gasteiger partial charge on any atom is 0.305 e. The minimum atomic E-state index is -0.878. The Morgan fingerprint density at radius 1 is 1.38 bits per heavy atom. The van der Waals surface area contributed by atoms with E-state index in [2.05, 4.69) is 4.98 Å². The summed E-state index contributed by atoms with van der Waals surface area (Å²) in [6, 6.07) is 2.87. The van der Waals surface area contributed by atoms with Gasteiger partial charge in [0.05, 0.1) is 19.1 Å². The highest BCUT2D eigenvalue weighted by Crippen LogP contribution is 2.16. The molecule has 1 fully saturated rings. The lowest BCUT2D eigenvalue weighted by Gasteiger charge is -2.31. The second-order valence-corrected chi connectivity index (χ2v) is 4.95. The first-order valence-corrected chi connectivity index (χ1v) is 6.87. The van der Waals surface area contributed by atoms with E-state index in [1.54, 1.807) is 11.0 Å². The highest BCUT2D eigenvalue weighted by molar-refractivity contribution is 5.94. The van der Waals surface area contributed by atoms with Crippen molar-refractivity contribution in [1.29, 1.82) is 0 Å². The minimum absolute atomic E-state index is 0.00687. The van der Waals surface area contributed by atoms with Crippen molar-refractivity contribution in [2.45, 2.75) is 25.4 Å². The predicted octanol–water partition coefficient (Wildman–Crippen LogP) is 0.471. The number of carbonyl (C=O) groups is 2. The highest BCUT2D eigenvalue weighted by Gasteiger charge is 2.24. The number of likely N-dealkylation sites (tertiary alicyclic amines) is 1. The normalized spacial score (nSPS) is 15.9. The summed E-state index contributed by atoms with van der Waals surface area (Å²) < 4.78 is 5.47. The first-order chi connectivity index (χ1) is 10.1. The van der Waals surface area contributed by atoms with Crippen molar-refractivity contribution in [3.63, 3.8) is 0 Å². The lowest BCUT2D eigenvalue weighted by atomic mass is 10.1. The summed E-state index contributed by atoms with van der Waals surface area (Å²) in [6.45, 7) is 1.29. The summed E-state index contributed by atoms with van der Waals surface area (Å²) in [7, 11) is 0. The van der Waals surface area contributed by atoms with E-state index in [0.717, 1.165) is 0 Å². The van der Waals surface area contributed by atoms with Gasteiger partial charge in [0.15, 0.2) is 0 Å². The number of rotatable bonds is 5. The van der Waals surface area contributed by atoms with Gasteiger partial charge >= 0.3 is 5.97 Å². The molecule has 7 nitrogen and oxygen atoms in total. The number of hydrogen-bond acceptors (Lipinski definition) is 4. The Morgan fingerprint density at radius 2 is 2.10 bits per heavy atom. The lowest BCUT2D eigenvalue weighted by molar-refractivity contribution is -0.138. The van der Waals surface area contributed by atoms with E-state index in [-0.39, 0.29) is 30.6 Å². The quantitative estimate of drug-likeness (QED) is 0.822. The zero-order valence-corrected chi connectivity index (χ0v) is 11.6. The molecule has 2 heterocycles. The number of carboxylic acids is 1. The second kappa shape index (κ2) is 7.03. The van der Waals surface area contributed by atoms with Gasteiger partial charge in [-0.05, 0) is 18.9 Å². The number of carboxylic acid groups (broad SMARTS) is 1. The van der Waals surface area contributed by atoms with Crippen molar-refractivity contribution in [3.05, 3.63) is 34.2 Å². The summed E-state index contributed by atoms with van der Waals surface area (Å²) in [6.07, 6.45) is 2.79. The van der Waals surface area contributed by atoms with Crippen molar-refractivity contribution in [1.82, 2.24) is 9.88 Å². The number of piperidine rings is 1. The number of aliphatic carboxylic acids is 1. The van der Waals surface area contributed by atoms with Crippen LogP contribution in [0.2, 0.25) is 0 Å². The van der Waals surface area contributed by atoms with Gasteiger partial charge in [0.25, 0.3) is 5.91 Å². The SMILES string of the molecule is O=C(O)CCOC1CCN(C(=O)c2cc[nH]c(=O)c2)CC1. The molecule has 0 aliphatic carbocycles.